The Morgan fingerprint density at radius 2 is 2.04 bits per heavy atom. The van der Waals surface area contributed by atoms with Gasteiger partial charge in [-0.05, 0) is 63.2 Å². The fourth-order valence-corrected chi connectivity index (χ4v) is 5.99. The monoisotopic (exact) mass is 345 g/mol. The van der Waals surface area contributed by atoms with Crippen LogP contribution in [-0.2, 0) is 11.3 Å². The number of nitrogens with zero attached hydrogens (tertiary/aromatic N) is 3. The van der Waals surface area contributed by atoms with E-state index in [9.17, 15) is 4.79 Å². The molecule has 1 aromatic heterocycles. The van der Waals surface area contributed by atoms with Gasteiger partial charge >= 0.3 is 0 Å². The van der Waals surface area contributed by atoms with E-state index in [1.807, 2.05) is 25.3 Å². The van der Waals surface area contributed by atoms with Gasteiger partial charge in [0, 0.05) is 39.3 Å². The van der Waals surface area contributed by atoms with Gasteiger partial charge in [-0.25, -0.2) is 0 Å². The lowest BCUT2D eigenvalue weighted by molar-refractivity contribution is -0.141. The van der Waals surface area contributed by atoms with Crippen molar-refractivity contribution in [3.63, 3.8) is 0 Å². The maximum Gasteiger partial charge on any atom is 0.229 e. The van der Waals surface area contributed by atoms with Gasteiger partial charge in [0.05, 0.1) is 17.9 Å². The van der Waals surface area contributed by atoms with Gasteiger partial charge in [0.25, 0.3) is 0 Å². The highest BCUT2D eigenvalue weighted by molar-refractivity contribution is 5.84. The summed E-state index contributed by atoms with van der Waals surface area (Å²) >= 11 is 0. The summed E-state index contributed by atoms with van der Waals surface area (Å²) < 4.78 is 5.21. The van der Waals surface area contributed by atoms with E-state index in [1.54, 1.807) is 6.26 Å². The van der Waals surface area contributed by atoms with Crippen LogP contribution in [0.5, 0.6) is 0 Å². The topological polar surface area (TPSA) is 39.9 Å². The van der Waals surface area contributed by atoms with E-state index in [4.69, 9.17) is 4.42 Å². The molecule has 3 heterocycles. The van der Waals surface area contributed by atoms with Crippen LogP contribution in [0, 0.1) is 16.7 Å². The fraction of sp³-hybridized carbons (Fsp3) is 0.750. The number of hydrogen-bond donors (Lipinski definition) is 0. The summed E-state index contributed by atoms with van der Waals surface area (Å²) in [4.78, 5) is 19.8. The highest BCUT2D eigenvalue weighted by Crippen LogP contribution is 2.62. The van der Waals surface area contributed by atoms with E-state index >= 15 is 0 Å². The molecule has 25 heavy (non-hydrogen) atoms. The van der Waals surface area contributed by atoms with Crippen LogP contribution in [0.25, 0.3) is 0 Å². The van der Waals surface area contributed by atoms with Gasteiger partial charge in [-0.2, -0.15) is 0 Å². The number of hydrogen-bond acceptors (Lipinski definition) is 4. The van der Waals surface area contributed by atoms with Crippen molar-refractivity contribution in [2.24, 2.45) is 16.7 Å². The Bertz CT molecular complexity index is 619. The molecule has 5 nitrogen and oxygen atoms in total. The molecule has 1 amide bonds. The van der Waals surface area contributed by atoms with Gasteiger partial charge in [-0.1, -0.05) is 0 Å². The lowest BCUT2D eigenvalue weighted by Gasteiger charge is -2.44. The van der Waals surface area contributed by atoms with Gasteiger partial charge in [0.2, 0.25) is 5.91 Å². The lowest BCUT2D eigenvalue weighted by Crippen LogP contribution is -2.48. The van der Waals surface area contributed by atoms with Crippen molar-refractivity contribution in [2.75, 3.05) is 47.3 Å². The second-order valence-electron chi connectivity index (χ2n) is 8.88. The number of piperidine rings is 1. The second-order valence-corrected chi connectivity index (χ2v) is 8.88. The summed E-state index contributed by atoms with van der Waals surface area (Å²) in [6.45, 7) is 5.28. The third kappa shape index (κ3) is 2.72. The Hall–Kier alpha value is -1.33. The molecule has 1 spiro atoms. The van der Waals surface area contributed by atoms with E-state index in [0.29, 0.717) is 17.2 Å². The second kappa shape index (κ2) is 6.13. The first-order chi connectivity index (χ1) is 12.0. The summed E-state index contributed by atoms with van der Waals surface area (Å²) in [6.07, 6.45) is 8.36. The number of carbonyl (C=O) groups is 1. The third-order valence-electron chi connectivity index (χ3n) is 7.19. The van der Waals surface area contributed by atoms with Crippen molar-refractivity contribution in [3.8, 4) is 0 Å². The van der Waals surface area contributed by atoms with Crippen molar-refractivity contribution in [2.45, 2.75) is 32.2 Å². The number of furan rings is 1. The SMILES string of the molecule is CN1C[C@@H]2C3(CCN(Cc4ccoc4)CC3)CC[C@]2(C(=O)N(C)C)C1. The molecule has 0 aromatic carbocycles. The molecular formula is C20H31N3O2. The van der Waals surface area contributed by atoms with Crippen molar-refractivity contribution >= 4 is 5.91 Å². The zero-order valence-electron chi connectivity index (χ0n) is 15.8. The quantitative estimate of drug-likeness (QED) is 0.843. The average molecular weight is 345 g/mol. The number of carbonyl (C=O) groups excluding carboxylic acids is 1. The Labute approximate surface area is 150 Å². The van der Waals surface area contributed by atoms with Crippen LogP contribution in [0.4, 0.5) is 0 Å². The molecule has 0 radical (unpaired) electrons. The van der Waals surface area contributed by atoms with Gasteiger partial charge in [0.1, 0.15) is 0 Å². The summed E-state index contributed by atoms with van der Waals surface area (Å²) in [6, 6.07) is 2.06. The molecule has 1 aliphatic carbocycles. The highest BCUT2D eigenvalue weighted by Gasteiger charge is 2.63. The molecule has 0 unspecified atom stereocenters. The molecule has 2 atom stereocenters. The Balaban J connectivity index is 1.49. The summed E-state index contributed by atoms with van der Waals surface area (Å²) in [5.74, 6) is 0.885. The Kier molecular flexibility index (Phi) is 4.19. The summed E-state index contributed by atoms with van der Waals surface area (Å²) in [5.41, 5.74) is 1.49. The van der Waals surface area contributed by atoms with Crippen LogP contribution in [-0.4, -0.2) is 67.9 Å². The molecule has 138 valence electrons. The molecule has 1 saturated carbocycles. The summed E-state index contributed by atoms with van der Waals surface area (Å²) in [5, 5.41) is 0. The first kappa shape index (κ1) is 17.1. The average Bonchev–Trinajstić information content (AvgIpc) is 3.27. The Morgan fingerprint density at radius 1 is 1.28 bits per heavy atom. The van der Waals surface area contributed by atoms with Gasteiger partial charge in [0.15, 0.2) is 0 Å². The smallest absolute Gasteiger partial charge is 0.229 e. The fourth-order valence-electron chi connectivity index (χ4n) is 5.99. The van der Waals surface area contributed by atoms with Crippen molar-refractivity contribution in [1.82, 2.24) is 14.7 Å². The van der Waals surface area contributed by atoms with Crippen LogP contribution in [0.3, 0.4) is 0 Å². The van der Waals surface area contributed by atoms with E-state index < -0.39 is 0 Å². The highest BCUT2D eigenvalue weighted by atomic mass is 16.3. The zero-order chi connectivity index (χ0) is 17.7. The minimum absolute atomic E-state index is 0.134. The van der Waals surface area contributed by atoms with Gasteiger partial charge in [-0.3, -0.25) is 9.69 Å². The predicted octanol–water partition coefficient (Wildman–Crippen LogP) is 2.29. The maximum atomic E-state index is 13.1. The van der Waals surface area contributed by atoms with Crippen LogP contribution < -0.4 is 0 Å². The number of rotatable bonds is 3. The number of likely N-dealkylation sites (tertiary alicyclic amines) is 2. The molecule has 4 rings (SSSR count). The standard InChI is InChI=1S/C20H31N3O2/c1-21(2)18(24)20-6-5-19(17(20)13-22(3)15-20)7-9-23(10-8-19)12-16-4-11-25-14-16/h4,11,14,17H,5-10,12-13,15H2,1-3H3/t17-,20+/m1/s1. The molecule has 1 aromatic rings. The minimum atomic E-state index is -0.134. The predicted molar refractivity (Wildman–Crippen MR) is 97.0 cm³/mol. The first-order valence-corrected chi connectivity index (χ1v) is 9.59. The molecular weight excluding hydrogens is 314 g/mol. The first-order valence-electron chi connectivity index (χ1n) is 9.59. The Morgan fingerprint density at radius 3 is 2.68 bits per heavy atom. The van der Waals surface area contributed by atoms with Crippen molar-refractivity contribution < 1.29 is 9.21 Å². The number of amides is 1. The molecule has 0 bridgehead atoms. The zero-order valence-corrected chi connectivity index (χ0v) is 15.8. The molecule has 3 fully saturated rings. The van der Waals surface area contributed by atoms with Crippen molar-refractivity contribution in [1.29, 1.82) is 0 Å². The largest absolute Gasteiger partial charge is 0.472 e. The van der Waals surface area contributed by atoms with Crippen LogP contribution in [0.15, 0.2) is 23.0 Å². The lowest BCUT2D eigenvalue weighted by atomic mass is 9.65. The minimum Gasteiger partial charge on any atom is -0.472 e. The van der Waals surface area contributed by atoms with Crippen molar-refractivity contribution in [3.05, 3.63) is 24.2 Å². The molecule has 3 aliphatic rings. The molecule has 5 heteroatoms. The van der Waals surface area contributed by atoms with E-state index in [1.165, 1.54) is 24.8 Å². The van der Waals surface area contributed by atoms with E-state index in [2.05, 4.69) is 22.9 Å². The summed E-state index contributed by atoms with van der Waals surface area (Å²) in [7, 11) is 6.03. The van der Waals surface area contributed by atoms with Crippen LogP contribution in [0.2, 0.25) is 0 Å². The normalized spacial score (nSPS) is 32.2. The molecule has 2 aliphatic heterocycles. The van der Waals surface area contributed by atoms with Gasteiger partial charge in [-0.15, -0.1) is 0 Å². The molecule has 2 saturated heterocycles. The van der Waals surface area contributed by atoms with Gasteiger partial charge < -0.3 is 14.2 Å². The maximum absolute atomic E-state index is 13.1. The van der Waals surface area contributed by atoms with Crippen LogP contribution >= 0.6 is 0 Å². The van der Waals surface area contributed by atoms with Crippen LogP contribution in [0.1, 0.15) is 31.2 Å². The molecule has 0 N–H and O–H groups in total. The van der Waals surface area contributed by atoms with E-state index in [0.717, 1.165) is 39.1 Å². The number of fused-ring (bicyclic) bond motifs is 2. The van der Waals surface area contributed by atoms with E-state index in [-0.39, 0.29) is 5.41 Å². The third-order valence-corrected chi connectivity index (χ3v) is 7.19.